The Hall–Kier alpha value is -2.72. The molecule has 0 saturated heterocycles. The second kappa shape index (κ2) is 6.46. The van der Waals surface area contributed by atoms with Crippen LogP contribution in [0, 0.1) is 5.82 Å². The minimum Gasteiger partial charge on any atom is -0.493 e. The van der Waals surface area contributed by atoms with Crippen molar-refractivity contribution in [1.82, 2.24) is 4.98 Å². The third-order valence-corrected chi connectivity index (χ3v) is 5.44. The number of aromatic nitrogens is 1. The van der Waals surface area contributed by atoms with Crippen molar-refractivity contribution in [3.63, 3.8) is 0 Å². The summed E-state index contributed by atoms with van der Waals surface area (Å²) in [5.41, 5.74) is 6.75. The molecule has 1 saturated carbocycles. The lowest BCUT2D eigenvalue weighted by Gasteiger charge is -2.20. The minimum atomic E-state index is -0.263. The Balaban J connectivity index is 1.84. The maximum Gasteiger partial charge on any atom is 0.128 e. The molecule has 3 nitrogen and oxygen atoms in total. The molecule has 5 rings (SSSR count). The average molecular weight is 361 g/mol. The molecule has 0 atom stereocenters. The van der Waals surface area contributed by atoms with Crippen molar-refractivity contribution in [2.45, 2.75) is 31.8 Å². The fourth-order valence-corrected chi connectivity index (χ4v) is 4.02. The first kappa shape index (κ1) is 16.5. The zero-order valence-corrected chi connectivity index (χ0v) is 14.9. The molecule has 1 N–H and O–H groups in total. The van der Waals surface area contributed by atoms with E-state index in [0.717, 1.165) is 57.8 Å². The number of aliphatic hydroxyl groups excluding tert-OH is 1. The Bertz CT molecular complexity index is 1010. The Labute approximate surface area is 157 Å². The van der Waals surface area contributed by atoms with Crippen LogP contribution in [0.5, 0.6) is 5.75 Å². The molecule has 27 heavy (non-hydrogen) atoms. The molecule has 1 aromatic heterocycles. The number of aliphatic hydroxyl groups is 1. The van der Waals surface area contributed by atoms with E-state index in [-0.39, 0.29) is 12.4 Å². The first-order valence-electron chi connectivity index (χ1n) is 9.41. The van der Waals surface area contributed by atoms with Crippen LogP contribution in [0.3, 0.4) is 0 Å². The highest BCUT2D eigenvalue weighted by molar-refractivity contribution is 5.82. The Morgan fingerprint density at radius 3 is 2.59 bits per heavy atom. The van der Waals surface area contributed by atoms with Gasteiger partial charge in [-0.15, -0.1) is 0 Å². The van der Waals surface area contributed by atoms with E-state index in [0.29, 0.717) is 18.9 Å². The van der Waals surface area contributed by atoms with Crippen molar-refractivity contribution in [2.75, 3.05) is 6.61 Å². The summed E-state index contributed by atoms with van der Waals surface area (Å²) in [4.78, 5) is 5.04. The van der Waals surface area contributed by atoms with Crippen LogP contribution in [-0.2, 0) is 13.0 Å². The molecular weight excluding hydrogens is 341 g/mol. The van der Waals surface area contributed by atoms with Crippen molar-refractivity contribution >= 4 is 0 Å². The van der Waals surface area contributed by atoms with Crippen molar-refractivity contribution in [3.8, 4) is 28.1 Å². The largest absolute Gasteiger partial charge is 0.493 e. The number of hydrogen-bond acceptors (Lipinski definition) is 3. The third-order valence-electron chi connectivity index (χ3n) is 5.44. The summed E-state index contributed by atoms with van der Waals surface area (Å²) in [5, 5.41) is 10.2. The lowest BCUT2D eigenvalue weighted by atomic mass is 9.88. The summed E-state index contributed by atoms with van der Waals surface area (Å²) in [6.45, 7) is 0.481. The summed E-state index contributed by atoms with van der Waals surface area (Å²) in [6, 6.07) is 14.5. The number of halogens is 1. The fraction of sp³-hybridized carbons (Fsp3) is 0.261. The number of ether oxygens (including phenoxy) is 1. The van der Waals surface area contributed by atoms with Crippen LogP contribution in [0.15, 0.2) is 48.5 Å². The molecule has 0 radical (unpaired) electrons. The smallest absolute Gasteiger partial charge is 0.128 e. The number of pyridine rings is 1. The van der Waals surface area contributed by atoms with E-state index in [1.54, 1.807) is 12.1 Å². The van der Waals surface area contributed by atoms with E-state index in [1.165, 1.54) is 12.1 Å². The fourth-order valence-electron chi connectivity index (χ4n) is 4.02. The van der Waals surface area contributed by atoms with Crippen LogP contribution in [0.1, 0.15) is 35.6 Å². The predicted octanol–water partition coefficient (Wildman–Crippen LogP) is 4.86. The number of para-hydroxylation sites is 1. The number of fused-ring (bicyclic) bond motifs is 3. The maximum absolute atomic E-state index is 13.5. The van der Waals surface area contributed by atoms with Gasteiger partial charge in [0.1, 0.15) is 11.6 Å². The summed E-state index contributed by atoms with van der Waals surface area (Å²) >= 11 is 0. The van der Waals surface area contributed by atoms with Gasteiger partial charge in [-0.1, -0.05) is 24.3 Å². The molecule has 2 heterocycles. The van der Waals surface area contributed by atoms with Crippen LogP contribution < -0.4 is 4.74 Å². The van der Waals surface area contributed by atoms with Gasteiger partial charge in [-0.3, -0.25) is 4.98 Å². The molecule has 136 valence electrons. The highest BCUT2D eigenvalue weighted by Crippen LogP contribution is 2.47. The number of rotatable bonds is 3. The molecule has 1 aliphatic heterocycles. The van der Waals surface area contributed by atoms with Gasteiger partial charge in [0.05, 0.1) is 24.6 Å². The Morgan fingerprint density at radius 1 is 1.07 bits per heavy atom. The molecule has 0 bridgehead atoms. The van der Waals surface area contributed by atoms with E-state index in [9.17, 15) is 9.50 Å². The highest BCUT2D eigenvalue weighted by atomic mass is 19.1. The first-order chi connectivity index (χ1) is 13.3. The standard InChI is InChI=1S/C23H20FNO2/c24-16-9-7-14(8-10-16)21-18-11-12-27-20-4-2-1-3-17(20)23(18)25-22(15-5-6-15)19(21)13-26/h1-4,7-10,15,26H,5-6,11-13H2. The topological polar surface area (TPSA) is 42.4 Å². The molecular formula is C23H20FNO2. The van der Waals surface area contributed by atoms with Gasteiger partial charge < -0.3 is 9.84 Å². The van der Waals surface area contributed by atoms with E-state index in [2.05, 4.69) is 0 Å². The van der Waals surface area contributed by atoms with Gasteiger partial charge in [0, 0.05) is 23.5 Å². The van der Waals surface area contributed by atoms with Crippen molar-refractivity contribution in [2.24, 2.45) is 0 Å². The van der Waals surface area contributed by atoms with Gasteiger partial charge >= 0.3 is 0 Å². The normalized spacial score (nSPS) is 15.5. The molecule has 1 fully saturated rings. The zero-order chi connectivity index (χ0) is 18.4. The van der Waals surface area contributed by atoms with E-state index >= 15 is 0 Å². The minimum absolute atomic E-state index is 0.0681. The van der Waals surface area contributed by atoms with Crippen LogP contribution in [-0.4, -0.2) is 16.7 Å². The molecule has 1 aliphatic carbocycles. The van der Waals surface area contributed by atoms with Crippen LogP contribution >= 0.6 is 0 Å². The van der Waals surface area contributed by atoms with Crippen LogP contribution in [0.2, 0.25) is 0 Å². The number of benzene rings is 2. The molecule has 0 unspecified atom stereocenters. The maximum atomic E-state index is 13.5. The molecule has 3 aromatic rings. The van der Waals surface area contributed by atoms with Gasteiger partial charge in [-0.2, -0.15) is 0 Å². The number of nitrogens with zero attached hydrogens (tertiary/aromatic N) is 1. The molecule has 0 spiro atoms. The summed E-state index contributed by atoms with van der Waals surface area (Å²) < 4.78 is 19.5. The van der Waals surface area contributed by atoms with Crippen molar-refractivity contribution < 1.29 is 14.2 Å². The van der Waals surface area contributed by atoms with Crippen molar-refractivity contribution in [3.05, 3.63) is 71.2 Å². The highest BCUT2D eigenvalue weighted by Gasteiger charge is 2.32. The third kappa shape index (κ3) is 2.81. The van der Waals surface area contributed by atoms with Crippen LogP contribution in [0.4, 0.5) is 4.39 Å². The Kier molecular flexibility index (Phi) is 3.94. The quantitative estimate of drug-likeness (QED) is 0.724. The van der Waals surface area contributed by atoms with Gasteiger partial charge in [-0.05, 0) is 53.8 Å². The average Bonchev–Trinajstić information content (AvgIpc) is 3.54. The second-order valence-electron chi connectivity index (χ2n) is 7.21. The zero-order valence-electron chi connectivity index (χ0n) is 14.9. The Morgan fingerprint density at radius 2 is 1.85 bits per heavy atom. The van der Waals surface area contributed by atoms with Gasteiger partial charge in [0.15, 0.2) is 0 Å². The van der Waals surface area contributed by atoms with E-state index in [1.807, 2.05) is 24.3 Å². The first-order valence-corrected chi connectivity index (χ1v) is 9.41. The van der Waals surface area contributed by atoms with Gasteiger partial charge in [0.25, 0.3) is 0 Å². The SMILES string of the molecule is OCc1c(C2CC2)nc2c(c1-c1ccc(F)cc1)CCOc1ccccc1-2. The number of hydrogen-bond donors (Lipinski definition) is 1. The van der Waals surface area contributed by atoms with Crippen molar-refractivity contribution in [1.29, 1.82) is 0 Å². The summed E-state index contributed by atoms with van der Waals surface area (Å²) in [5.74, 6) is 0.973. The lowest BCUT2D eigenvalue weighted by Crippen LogP contribution is -2.08. The van der Waals surface area contributed by atoms with E-state index in [4.69, 9.17) is 9.72 Å². The van der Waals surface area contributed by atoms with E-state index < -0.39 is 0 Å². The van der Waals surface area contributed by atoms with Gasteiger partial charge in [0.2, 0.25) is 0 Å². The lowest BCUT2D eigenvalue weighted by molar-refractivity contribution is 0.280. The second-order valence-corrected chi connectivity index (χ2v) is 7.21. The van der Waals surface area contributed by atoms with Gasteiger partial charge in [-0.25, -0.2) is 4.39 Å². The summed E-state index contributed by atoms with van der Waals surface area (Å²) in [6.07, 6.45) is 2.89. The van der Waals surface area contributed by atoms with Crippen LogP contribution in [0.25, 0.3) is 22.4 Å². The predicted molar refractivity (Wildman–Crippen MR) is 102 cm³/mol. The monoisotopic (exact) mass is 361 g/mol. The molecule has 2 aliphatic rings. The molecule has 4 heteroatoms. The summed E-state index contributed by atoms with van der Waals surface area (Å²) in [7, 11) is 0. The molecule has 0 amide bonds. The molecule has 2 aromatic carbocycles.